The fourth-order valence-electron chi connectivity index (χ4n) is 7.50. The molecule has 2 rings (SSSR count). The highest BCUT2D eigenvalue weighted by Crippen LogP contribution is 2.28. The number of hydrogen-bond acceptors (Lipinski definition) is 6. The Morgan fingerprint density at radius 2 is 0.797 bits per heavy atom. The van der Waals surface area contributed by atoms with E-state index in [0.29, 0.717) is 37.3 Å². The molecule has 0 unspecified atom stereocenters. The lowest BCUT2D eigenvalue weighted by atomic mass is 9.81. The molecule has 0 aliphatic carbocycles. The Hall–Kier alpha value is -3.70. The molecule has 0 spiro atoms. The zero-order valence-electron chi connectivity index (χ0n) is 38.2. The lowest BCUT2D eigenvalue weighted by Gasteiger charge is -2.29. The van der Waals surface area contributed by atoms with Gasteiger partial charge in [0, 0.05) is 36.6 Å². The third kappa shape index (κ3) is 26.9. The molecular formula is C47H84N8O4. The third-order valence-electron chi connectivity index (χ3n) is 11.3. The van der Waals surface area contributed by atoms with Crippen LogP contribution in [-0.2, 0) is 12.8 Å². The molecule has 336 valence electrons. The number of unbranched alkanes of at least 4 members (excludes halogenated alkanes) is 20. The van der Waals surface area contributed by atoms with Crippen molar-refractivity contribution in [2.45, 2.75) is 215 Å². The number of nitrogens with zero attached hydrogens (tertiary/aromatic N) is 2. The van der Waals surface area contributed by atoms with Gasteiger partial charge in [-0.2, -0.15) is 0 Å². The van der Waals surface area contributed by atoms with Crippen LogP contribution in [-0.4, -0.2) is 45.1 Å². The molecule has 2 heterocycles. The highest BCUT2D eigenvalue weighted by Gasteiger charge is 2.23. The average molecular weight is 825 g/mol. The molecule has 12 nitrogen and oxygen atoms in total. The SMILES string of the molecule is CCCCCCCCCCCCCc1cc(=O)[nH]c(NC(=O)NCC(C)(C)CCCC(C)(C)CNC(=O)Nc2nc(CCCCCCCCCCCCC)cc(=O)[nH]2)n1. The summed E-state index contributed by atoms with van der Waals surface area (Å²) in [5.41, 5.74) is 0.502. The second-order valence-corrected chi connectivity index (χ2v) is 18.5. The number of carbonyl (C=O) groups is 2. The van der Waals surface area contributed by atoms with Crippen LogP contribution in [0.4, 0.5) is 21.5 Å². The molecular weight excluding hydrogens is 741 g/mol. The quantitative estimate of drug-likeness (QED) is 0.0383. The third-order valence-corrected chi connectivity index (χ3v) is 11.3. The van der Waals surface area contributed by atoms with Crippen molar-refractivity contribution < 1.29 is 9.59 Å². The van der Waals surface area contributed by atoms with E-state index in [1.165, 1.54) is 128 Å². The average Bonchev–Trinajstić information content (AvgIpc) is 3.17. The Balaban J connectivity index is 1.63. The number of hydrogen-bond donors (Lipinski definition) is 6. The highest BCUT2D eigenvalue weighted by molar-refractivity contribution is 5.87. The highest BCUT2D eigenvalue weighted by atomic mass is 16.2. The van der Waals surface area contributed by atoms with Gasteiger partial charge in [-0.3, -0.25) is 30.2 Å². The van der Waals surface area contributed by atoms with E-state index in [0.717, 1.165) is 44.9 Å². The Labute approximate surface area is 356 Å². The number of rotatable bonds is 34. The largest absolute Gasteiger partial charge is 0.337 e. The van der Waals surface area contributed by atoms with E-state index in [4.69, 9.17) is 0 Å². The van der Waals surface area contributed by atoms with Gasteiger partial charge in [0.2, 0.25) is 11.9 Å². The molecule has 12 heteroatoms. The predicted molar refractivity (Wildman–Crippen MR) is 246 cm³/mol. The Kier molecular flexibility index (Phi) is 26.5. The molecule has 0 saturated carbocycles. The Morgan fingerprint density at radius 1 is 0.492 bits per heavy atom. The first kappa shape index (κ1) is 51.4. The van der Waals surface area contributed by atoms with Crippen molar-refractivity contribution in [2.24, 2.45) is 10.8 Å². The topological polar surface area (TPSA) is 174 Å². The monoisotopic (exact) mass is 825 g/mol. The van der Waals surface area contributed by atoms with E-state index in [2.05, 4.69) is 82.7 Å². The number of anilines is 2. The summed E-state index contributed by atoms with van der Waals surface area (Å²) in [7, 11) is 0. The van der Waals surface area contributed by atoms with Gasteiger partial charge in [0.1, 0.15) is 0 Å². The normalized spacial score (nSPS) is 11.8. The van der Waals surface area contributed by atoms with Crippen LogP contribution in [0.2, 0.25) is 0 Å². The molecule has 4 amide bonds. The zero-order chi connectivity index (χ0) is 43.2. The summed E-state index contributed by atoms with van der Waals surface area (Å²) < 4.78 is 0. The molecule has 2 aromatic heterocycles. The van der Waals surface area contributed by atoms with Gasteiger partial charge in [-0.05, 0) is 49.4 Å². The van der Waals surface area contributed by atoms with Gasteiger partial charge < -0.3 is 10.6 Å². The summed E-state index contributed by atoms with van der Waals surface area (Å²) in [6, 6.07) is 2.23. The maximum atomic E-state index is 12.8. The van der Waals surface area contributed by atoms with Gasteiger partial charge in [0.25, 0.3) is 11.1 Å². The fourth-order valence-corrected chi connectivity index (χ4v) is 7.50. The molecule has 0 aliphatic rings. The summed E-state index contributed by atoms with van der Waals surface area (Å²) in [6.07, 6.45) is 31.8. The van der Waals surface area contributed by atoms with E-state index in [1.807, 2.05) is 0 Å². The molecule has 2 aromatic rings. The first-order valence-corrected chi connectivity index (χ1v) is 23.6. The Morgan fingerprint density at radius 3 is 1.12 bits per heavy atom. The van der Waals surface area contributed by atoms with Crippen molar-refractivity contribution in [1.29, 1.82) is 0 Å². The molecule has 0 atom stereocenters. The minimum Gasteiger partial charge on any atom is -0.337 e. The van der Waals surface area contributed by atoms with E-state index >= 15 is 0 Å². The molecule has 0 bridgehead atoms. The zero-order valence-corrected chi connectivity index (χ0v) is 38.2. The van der Waals surface area contributed by atoms with Crippen LogP contribution in [0.1, 0.15) is 213 Å². The number of aromatic amines is 2. The van der Waals surface area contributed by atoms with Crippen molar-refractivity contribution in [3.8, 4) is 0 Å². The smallest absolute Gasteiger partial charge is 0.321 e. The van der Waals surface area contributed by atoms with Gasteiger partial charge in [0.05, 0.1) is 0 Å². The van der Waals surface area contributed by atoms with Crippen LogP contribution < -0.4 is 32.4 Å². The number of aromatic nitrogens is 4. The molecule has 0 saturated heterocycles. The molecule has 6 N–H and O–H groups in total. The van der Waals surface area contributed by atoms with Crippen molar-refractivity contribution in [3.05, 3.63) is 44.2 Å². The van der Waals surface area contributed by atoms with E-state index < -0.39 is 12.1 Å². The van der Waals surface area contributed by atoms with Crippen molar-refractivity contribution in [1.82, 2.24) is 30.6 Å². The summed E-state index contributed by atoms with van der Waals surface area (Å²) in [5, 5.41) is 11.3. The summed E-state index contributed by atoms with van der Waals surface area (Å²) in [6.45, 7) is 13.8. The maximum Gasteiger partial charge on any atom is 0.321 e. The van der Waals surface area contributed by atoms with E-state index in [-0.39, 0.29) is 33.8 Å². The lowest BCUT2D eigenvalue weighted by Crippen LogP contribution is -2.38. The van der Waals surface area contributed by atoms with Gasteiger partial charge in [-0.25, -0.2) is 19.6 Å². The van der Waals surface area contributed by atoms with Crippen LogP contribution in [0, 0.1) is 10.8 Å². The Bertz CT molecular complexity index is 1440. The van der Waals surface area contributed by atoms with Gasteiger partial charge in [-0.1, -0.05) is 176 Å². The fraction of sp³-hybridized carbons (Fsp3) is 0.787. The predicted octanol–water partition coefficient (Wildman–Crippen LogP) is 11.7. The van der Waals surface area contributed by atoms with Gasteiger partial charge in [0.15, 0.2) is 0 Å². The van der Waals surface area contributed by atoms with Crippen molar-refractivity contribution in [3.63, 3.8) is 0 Å². The van der Waals surface area contributed by atoms with E-state index in [9.17, 15) is 19.2 Å². The maximum absolute atomic E-state index is 12.8. The molecule has 0 radical (unpaired) electrons. The van der Waals surface area contributed by atoms with Crippen LogP contribution in [0.5, 0.6) is 0 Å². The second-order valence-electron chi connectivity index (χ2n) is 18.5. The standard InChI is InChI=1S/C47H84N8O4/c1-7-9-11-13-15-17-19-21-23-25-27-30-38-34-40(56)52-42(50-38)54-44(58)48-36-46(3,4)32-29-33-47(5,6)37-49-45(59)55-43-51-39(35-41(57)53-43)31-28-26-24-22-20-18-16-14-12-10-8-2/h34-35H,7-33,36-37H2,1-6H3,(H3,48,50,52,54,56,58)(H3,49,51,53,55,57,59). The minimum absolute atomic E-state index is 0.165. The number of carbonyl (C=O) groups excluding carboxylic acids is 2. The first-order chi connectivity index (χ1) is 28.3. The van der Waals surface area contributed by atoms with Gasteiger partial charge >= 0.3 is 12.1 Å². The van der Waals surface area contributed by atoms with Crippen LogP contribution in [0.15, 0.2) is 21.7 Å². The minimum atomic E-state index is -0.404. The van der Waals surface area contributed by atoms with Crippen LogP contribution >= 0.6 is 0 Å². The molecule has 0 fully saturated rings. The summed E-state index contributed by atoms with van der Waals surface area (Å²) >= 11 is 0. The van der Waals surface area contributed by atoms with Crippen molar-refractivity contribution >= 4 is 24.0 Å². The summed E-state index contributed by atoms with van der Waals surface area (Å²) in [4.78, 5) is 64.3. The van der Waals surface area contributed by atoms with Gasteiger partial charge in [-0.15, -0.1) is 0 Å². The first-order valence-electron chi connectivity index (χ1n) is 23.6. The van der Waals surface area contributed by atoms with Crippen molar-refractivity contribution in [2.75, 3.05) is 23.7 Å². The summed E-state index contributed by atoms with van der Waals surface area (Å²) in [5.74, 6) is 0.331. The second kappa shape index (κ2) is 30.3. The molecule has 0 aromatic carbocycles. The molecule has 59 heavy (non-hydrogen) atoms. The number of aryl methyl sites for hydroxylation is 2. The lowest BCUT2D eigenvalue weighted by molar-refractivity contribution is 0.230. The number of nitrogens with one attached hydrogen (secondary N) is 6. The van der Waals surface area contributed by atoms with E-state index in [1.54, 1.807) is 0 Å². The molecule has 0 aliphatic heterocycles. The van der Waals surface area contributed by atoms with Crippen LogP contribution in [0.25, 0.3) is 0 Å². The number of urea groups is 2. The number of amides is 4. The number of H-pyrrole nitrogens is 2. The van der Waals surface area contributed by atoms with Crippen LogP contribution in [0.3, 0.4) is 0 Å².